The van der Waals surface area contributed by atoms with E-state index in [1.165, 1.54) is 6.07 Å². The molecule has 0 radical (unpaired) electrons. The Hall–Kier alpha value is -3.21. The lowest BCUT2D eigenvalue weighted by atomic mass is 10.1. The van der Waals surface area contributed by atoms with Crippen molar-refractivity contribution < 1.29 is 4.92 Å². The molecular weight excluding hydrogens is 296 g/mol. The van der Waals surface area contributed by atoms with Crippen molar-refractivity contribution in [1.29, 1.82) is 5.26 Å². The lowest BCUT2D eigenvalue weighted by Gasteiger charge is -2.36. The zero-order chi connectivity index (χ0) is 16.2. The third-order valence-corrected chi connectivity index (χ3v) is 3.80. The number of piperazine rings is 1. The zero-order valence-electron chi connectivity index (χ0n) is 12.3. The van der Waals surface area contributed by atoms with Crippen LogP contribution in [0.3, 0.4) is 0 Å². The summed E-state index contributed by atoms with van der Waals surface area (Å²) < 4.78 is 0. The Bertz CT molecular complexity index is 750. The predicted molar refractivity (Wildman–Crippen MR) is 84.3 cm³/mol. The molecule has 0 atom stereocenters. The third-order valence-electron chi connectivity index (χ3n) is 3.80. The number of nitrogens with zero attached hydrogens (tertiary/aromatic N) is 6. The summed E-state index contributed by atoms with van der Waals surface area (Å²) >= 11 is 0. The maximum atomic E-state index is 11.3. The lowest BCUT2D eigenvalue weighted by molar-refractivity contribution is -0.384. The van der Waals surface area contributed by atoms with Gasteiger partial charge in [-0.3, -0.25) is 15.1 Å². The number of hydrogen-bond acceptors (Lipinski definition) is 7. The van der Waals surface area contributed by atoms with Gasteiger partial charge in [0.15, 0.2) is 0 Å². The lowest BCUT2D eigenvalue weighted by Crippen LogP contribution is -2.47. The van der Waals surface area contributed by atoms with Crippen molar-refractivity contribution in [3.8, 4) is 6.07 Å². The molecule has 1 aromatic heterocycles. The van der Waals surface area contributed by atoms with Crippen molar-refractivity contribution >= 4 is 17.2 Å². The summed E-state index contributed by atoms with van der Waals surface area (Å²) in [6.07, 6.45) is 4.98. The van der Waals surface area contributed by atoms with Crippen LogP contribution in [0.4, 0.5) is 17.2 Å². The molecule has 1 aromatic carbocycles. The monoisotopic (exact) mass is 310 g/mol. The van der Waals surface area contributed by atoms with Crippen LogP contribution < -0.4 is 9.80 Å². The molecule has 2 aromatic rings. The van der Waals surface area contributed by atoms with Crippen molar-refractivity contribution in [1.82, 2.24) is 9.97 Å². The number of nitro groups is 1. The van der Waals surface area contributed by atoms with Gasteiger partial charge in [-0.15, -0.1) is 0 Å². The van der Waals surface area contributed by atoms with E-state index in [1.807, 2.05) is 11.0 Å². The van der Waals surface area contributed by atoms with E-state index >= 15 is 0 Å². The van der Waals surface area contributed by atoms with Crippen LogP contribution in [-0.2, 0) is 0 Å². The van der Waals surface area contributed by atoms with Gasteiger partial charge >= 0.3 is 0 Å². The molecule has 1 aliphatic heterocycles. The van der Waals surface area contributed by atoms with Crippen molar-refractivity contribution in [3.05, 3.63) is 52.5 Å². The molecule has 2 heterocycles. The van der Waals surface area contributed by atoms with E-state index < -0.39 is 4.92 Å². The Labute approximate surface area is 132 Å². The first-order chi connectivity index (χ1) is 11.2. The fourth-order valence-electron chi connectivity index (χ4n) is 2.64. The van der Waals surface area contributed by atoms with Crippen molar-refractivity contribution in [3.63, 3.8) is 0 Å². The first kappa shape index (κ1) is 14.7. The van der Waals surface area contributed by atoms with E-state index in [2.05, 4.69) is 14.9 Å². The fourth-order valence-corrected chi connectivity index (χ4v) is 2.64. The van der Waals surface area contributed by atoms with Gasteiger partial charge < -0.3 is 9.80 Å². The van der Waals surface area contributed by atoms with E-state index in [4.69, 9.17) is 5.26 Å². The average molecular weight is 310 g/mol. The topological polar surface area (TPSA) is 99.2 Å². The standard InChI is InChI=1S/C15H14N6O2/c16-10-12-1-2-13(14(9-12)21(22)23)19-5-7-20(8-6-19)15-11-17-3-4-18-15/h1-4,9,11H,5-8H2. The molecule has 8 heteroatoms. The van der Waals surface area contributed by atoms with E-state index in [9.17, 15) is 10.1 Å². The number of nitriles is 1. The number of rotatable bonds is 3. The molecule has 1 aliphatic rings. The number of hydrogen-bond donors (Lipinski definition) is 0. The number of aromatic nitrogens is 2. The van der Waals surface area contributed by atoms with E-state index in [-0.39, 0.29) is 5.69 Å². The zero-order valence-corrected chi connectivity index (χ0v) is 12.3. The Kier molecular flexibility index (Phi) is 4.01. The normalized spacial score (nSPS) is 14.4. The molecule has 3 rings (SSSR count). The SMILES string of the molecule is N#Cc1ccc(N2CCN(c3cnccn3)CC2)c([N+](=O)[O-])c1. The molecule has 0 saturated carbocycles. The number of benzene rings is 1. The molecule has 1 fully saturated rings. The van der Waals surface area contributed by atoms with Crippen LogP contribution in [0.15, 0.2) is 36.8 Å². The van der Waals surface area contributed by atoms with Crippen LogP contribution in [0.2, 0.25) is 0 Å². The summed E-state index contributed by atoms with van der Waals surface area (Å²) in [5.74, 6) is 0.807. The fraction of sp³-hybridized carbons (Fsp3) is 0.267. The van der Waals surface area contributed by atoms with Gasteiger partial charge in [0.25, 0.3) is 5.69 Å². The summed E-state index contributed by atoms with van der Waals surface area (Å²) in [4.78, 5) is 23.2. The third kappa shape index (κ3) is 3.03. The van der Waals surface area contributed by atoms with Crippen LogP contribution in [-0.4, -0.2) is 41.1 Å². The molecule has 0 aliphatic carbocycles. The van der Waals surface area contributed by atoms with Crippen LogP contribution in [0.1, 0.15) is 5.56 Å². The summed E-state index contributed by atoms with van der Waals surface area (Å²) in [6.45, 7) is 2.69. The highest BCUT2D eigenvalue weighted by atomic mass is 16.6. The highest BCUT2D eigenvalue weighted by Crippen LogP contribution is 2.30. The van der Waals surface area contributed by atoms with Gasteiger partial charge in [0.2, 0.25) is 0 Å². The summed E-state index contributed by atoms with van der Waals surface area (Å²) in [7, 11) is 0. The molecule has 0 bridgehead atoms. The van der Waals surface area contributed by atoms with Crippen LogP contribution in [0.25, 0.3) is 0 Å². The first-order valence-electron chi connectivity index (χ1n) is 7.13. The molecular formula is C15H14N6O2. The summed E-state index contributed by atoms with van der Waals surface area (Å²) in [5, 5.41) is 20.2. The molecule has 0 unspecified atom stereocenters. The number of nitro benzene ring substituents is 1. The van der Waals surface area contributed by atoms with Gasteiger partial charge in [-0.2, -0.15) is 5.26 Å². The van der Waals surface area contributed by atoms with E-state index in [0.717, 1.165) is 5.82 Å². The van der Waals surface area contributed by atoms with Gasteiger partial charge in [0.05, 0.1) is 22.8 Å². The Balaban J connectivity index is 1.78. The van der Waals surface area contributed by atoms with Crippen LogP contribution in [0.5, 0.6) is 0 Å². The minimum Gasteiger partial charge on any atom is -0.362 e. The summed E-state index contributed by atoms with van der Waals surface area (Å²) in [5.41, 5.74) is 0.809. The second-order valence-electron chi connectivity index (χ2n) is 5.11. The smallest absolute Gasteiger partial charge is 0.293 e. The highest BCUT2D eigenvalue weighted by molar-refractivity contribution is 5.66. The molecule has 0 N–H and O–H groups in total. The summed E-state index contributed by atoms with van der Waals surface area (Å²) in [6, 6.07) is 6.51. The van der Waals surface area contributed by atoms with Crippen molar-refractivity contribution in [2.45, 2.75) is 0 Å². The van der Waals surface area contributed by atoms with E-state index in [0.29, 0.717) is 37.4 Å². The van der Waals surface area contributed by atoms with Crippen molar-refractivity contribution in [2.24, 2.45) is 0 Å². The second kappa shape index (κ2) is 6.27. The first-order valence-corrected chi connectivity index (χ1v) is 7.13. The molecule has 0 spiro atoms. The number of anilines is 2. The Morgan fingerprint density at radius 1 is 1.17 bits per heavy atom. The van der Waals surface area contributed by atoms with Crippen LogP contribution in [0, 0.1) is 21.4 Å². The van der Waals surface area contributed by atoms with Gasteiger partial charge in [-0.1, -0.05) is 0 Å². The Morgan fingerprint density at radius 3 is 2.52 bits per heavy atom. The van der Waals surface area contributed by atoms with Crippen LogP contribution >= 0.6 is 0 Å². The highest BCUT2D eigenvalue weighted by Gasteiger charge is 2.24. The van der Waals surface area contributed by atoms with Gasteiger partial charge in [-0.25, -0.2) is 4.98 Å². The minimum atomic E-state index is -0.439. The maximum absolute atomic E-state index is 11.3. The molecule has 1 saturated heterocycles. The Morgan fingerprint density at radius 2 is 1.91 bits per heavy atom. The quantitative estimate of drug-likeness (QED) is 0.627. The second-order valence-corrected chi connectivity index (χ2v) is 5.11. The van der Waals surface area contributed by atoms with Gasteiger partial charge in [0, 0.05) is 44.6 Å². The molecule has 23 heavy (non-hydrogen) atoms. The molecule has 8 nitrogen and oxygen atoms in total. The molecule has 0 amide bonds. The van der Waals surface area contributed by atoms with Gasteiger partial charge in [-0.05, 0) is 12.1 Å². The maximum Gasteiger partial charge on any atom is 0.293 e. The largest absolute Gasteiger partial charge is 0.362 e. The molecule has 116 valence electrons. The van der Waals surface area contributed by atoms with Crippen molar-refractivity contribution in [2.75, 3.05) is 36.0 Å². The minimum absolute atomic E-state index is 0.0306. The average Bonchev–Trinajstić information content (AvgIpc) is 2.62. The van der Waals surface area contributed by atoms with E-state index in [1.54, 1.807) is 30.7 Å². The van der Waals surface area contributed by atoms with Gasteiger partial charge in [0.1, 0.15) is 11.5 Å². The predicted octanol–water partition coefficient (Wildman–Crippen LogP) is 1.58.